The van der Waals surface area contributed by atoms with Crippen LogP contribution < -0.4 is 22.1 Å². The maximum absolute atomic E-state index is 13.0. The zero-order chi connectivity index (χ0) is 23.7. The van der Waals surface area contributed by atoms with E-state index in [4.69, 9.17) is 16.6 Å². The van der Waals surface area contributed by atoms with Gasteiger partial charge >= 0.3 is 11.9 Å². The van der Waals surface area contributed by atoms with Crippen LogP contribution in [0.25, 0.3) is 10.9 Å². The highest BCUT2D eigenvalue weighted by molar-refractivity contribution is 5.93. The van der Waals surface area contributed by atoms with Crippen molar-refractivity contribution >= 4 is 34.7 Å². The number of hydrogen-bond donors (Lipinski definition) is 7. The van der Waals surface area contributed by atoms with E-state index in [0.717, 1.165) is 16.5 Å². The van der Waals surface area contributed by atoms with Crippen molar-refractivity contribution in [3.05, 3.63) is 36.0 Å². The van der Waals surface area contributed by atoms with E-state index in [1.165, 1.54) is 0 Å². The van der Waals surface area contributed by atoms with Gasteiger partial charge in [-0.1, -0.05) is 18.2 Å². The molecule has 0 saturated carbocycles. The van der Waals surface area contributed by atoms with Crippen LogP contribution in [0.4, 0.5) is 0 Å². The molecule has 1 aromatic carbocycles. The maximum Gasteiger partial charge on any atom is 0.326 e. The van der Waals surface area contributed by atoms with Crippen molar-refractivity contribution in [2.24, 2.45) is 11.5 Å². The first kappa shape index (κ1) is 24.8. The Bertz CT molecular complexity index is 959. The number of para-hydroxylation sites is 1. The molecule has 1 aromatic heterocycles. The molecule has 0 aliphatic rings. The second-order valence-electron chi connectivity index (χ2n) is 7.51. The van der Waals surface area contributed by atoms with E-state index in [0.29, 0.717) is 19.4 Å². The van der Waals surface area contributed by atoms with Crippen LogP contribution in [0.2, 0.25) is 0 Å². The van der Waals surface area contributed by atoms with Crippen LogP contribution in [0.15, 0.2) is 30.5 Å². The molecule has 0 unspecified atom stereocenters. The molecule has 9 N–H and O–H groups in total. The zero-order valence-corrected chi connectivity index (χ0v) is 17.5. The summed E-state index contributed by atoms with van der Waals surface area (Å²) in [6, 6.07) is 3.72. The Labute approximate surface area is 184 Å². The van der Waals surface area contributed by atoms with E-state index in [1.54, 1.807) is 6.20 Å². The van der Waals surface area contributed by atoms with Crippen molar-refractivity contribution < 1.29 is 29.4 Å². The minimum Gasteiger partial charge on any atom is -0.481 e. The van der Waals surface area contributed by atoms with Gasteiger partial charge in [0, 0.05) is 23.5 Å². The lowest BCUT2D eigenvalue weighted by Crippen LogP contribution is -2.55. The fourth-order valence-corrected chi connectivity index (χ4v) is 3.31. The standard InChI is InChI=1S/C21H29N5O6/c22-8-4-3-7-16(21(31)32)25-20(30)17(26-19(29)14(23)10-18(27)28)9-12-11-24-15-6-2-1-5-13(12)15/h1-2,5-6,11,14,16-17,24H,3-4,7-10,22-23H2,(H,25,30)(H,26,29)(H,27,28)(H,31,32)/t14-,16-,17-/m0/s1. The van der Waals surface area contributed by atoms with Crippen LogP contribution in [0.3, 0.4) is 0 Å². The number of unbranched alkanes of at least 4 members (excludes halogenated alkanes) is 1. The van der Waals surface area contributed by atoms with Gasteiger partial charge in [-0.15, -0.1) is 0 Å². The number of benzene rings is 1. The van der Waals surface area contributed by atoms with E-state index >= 15 is 0 Å². The normalized spacial score (nSPS) is 13.8. The molecule has 0 bridgehead atoms. The summed E-state index contributed by atoms with van der Waals surface area (Å²) in [4.78, 5) is 50.9. The number of carbonyl (C=O) groups is 4. The van der Waals surface area contributed by atoms with Crippen molar-refractivity contribution in [3.8, 4) is 0 Å². The minimum atomic E-state index is -1.36. The molecule has 0 aliphatic carbocycles. The first-order valence-corrected chi connectivity index (χ1v) is 10.3. The smallest absolute Gasteiger partial charge is 0.326 e. The Balaban J connectivity index is 2.21. The SMILES string of the molecule is NCCCC[C@H](NC(=O)[C@H](Cc1c[nH]c2ccccc12)NC(=O)[C@@H](N)CC(=O)O)C(=O)O. The molecule has 0 radical (unpaired) electrons. The summed E-state index contributed by atoms with van der Waals surface area (Å²) in [5.74, 6) is -3.97. The van der Waals surface area contributed by atoms with E-state index in [2.05, 4.69) is 15.6 Å². The fraction of sp³-hybridized carbons (Fsp3) is 0.429. The summed E-state index contributed by atoms with van der Waals surface area (Å²) in [6.45, 7) is 0.404. The van der Waals surface area contributed by atoms with Crippen LogP contribution in [-0.4, -0.2) is 63.6 Å². The quantitative estimate of drug-likeness (QED) is 0.203. The molecule has 1 heterocycles. The molecule has 0 saturated heterocycles. The zero-order valence-electron chi connectivity index (χ0n) is 17.5. The predicted octanol–water partition coefficient (Wildman–Crippen LogP) is -0.304. The number of rotatable bonds is 13. The average Bonchev–Trinajstić information content (AvgIpc) is 3.14. The summed E-state index contributed by atoms with van der Waals surface area (Å²) < 4.78 is 0. The molecule has 32 heavy (non-hydrogen) atoms. The van der Waals surface area contributed by atoms with Crippen LogP contribution >= 0.6 is 0 Å². The van der Waals surface area contributed by atoms with E-state index in [9.17, 15) is 24.3 Å². The molecule has 11 heteroatoms. The van der Waals surface area contributed by atoms with Crippen molar-refractivity contribution in [2.75, 3.05) is 6.54 Å². The second kappa shape index (κ2) is 11.8. The van der Waals surface area contributed by atoms with E-state index < -0.39 is 48.3 Å². The number of carbonyl (C=O) groups excluding carboxylic acids is 2. The lowest BCUT2D eigenvalue weighted by Gasteiger charge is -2.22. The predicted molar refractivity (Wildman–Crippen MR) is 117 cm³/mol. The van der Waals surface area contributed by atoms with Crippen LogP contribution in [0.5, 0.6) is 0 Å². The third-order valence-corrected chi connectivity index (χ3v) is 5.02. The second-order valence-corrected chi connectivity index (χ2v) is 7.51. The molecule has 2 rings (SSSR count). The third-order valence-electron chi connectivity index (χ3n) is 5.02. The monoisotopic (exact) mass is 447 g/mol. The van der Waals surface area contributed by atoms with Crippen molar-refractivity contribution in [3.63, 3.8) is 0 Å². The van der Waals surface area contributed by atoms with Crippen molar-refractivity contribution in [1.29, 1.82) is 0 Å². The average molecular weight is 447 g/mol. The summed E-state index contributed by atoms with van der Waals surface area (Å²) in [6.07, 6.45) is 2.45. The maximum atomic E-state index is 13.0. The number of carboxylic acids is 2. The minimum absolute atomic E-state index is 0.0521. The first-order valence-electron chi connectivity index (χ1n) is 10.3. The molecule has 2 amide bonds. The van der Waals surface area contributed by atoms with Gasteiger partial charge in [0.05, 0.1) is 12.5 Å². The number of nitrogens with two attached hydrogens (primary N) is 2. The number of fused-ring (bicyclic) bond motifs is 1. The van der Waals surface area contributed by atoms with Crippen molar-refractivity contribution in [2.45, 2.75) is 50.2 Å². The number of nitrogens with one attached hydrogen (secondary N) is 3. The van der Waals surface area contributed by atoms with Gasteiger partial charge in [-0.2, -0.15) is 0 Å². The Morgan fingerprint density at radius 3 is 2.34 bits per heavy atom. The van der Waals surface area contributed by atoms with Gasteiger partial charge in [0.2, 0.25) is 11.8 Å². The Morgan fingerprint density at radius 2 is 1.69 bits per heavy atom. The Kier molecular flexibility index (Phi) is 9.17. The molecule has 2 aromatic rings. The Morgan fingerprint density at radius 1 is 1.00 bits per heavy atom. The van der Waals surface area contributed by atoms with Gasteiger partial charge in [0.1, 0.15) is 12.1 Å². The molecule has 0 spiro atoms. The van der Waals surface area contributed by atoms with Crippen LogP contribution in [0.1, 0.15) is 31.2 Å². The van der Waals surface area contributed by atoms with E-state index in [-0.39, 0.29) is 12.8 Å². The fourth-order valence-electron chi connectivity index (χ4n) is 3.31. The number of aliphatic carboxylic acids is 2. The molecule has 3 atom stereocenters. The topological polar surface area (TPSA) is 201 Å². The van der Waals surface area contributed by atoms with Crippen LogP contribution in [0, 0.1) is 0 Å². The van der Waals surface area contributed by atoms with Gasteiger partial charge in [-0.3, -0.25) is 14.4 Å². The number of hydrogen-bond acceptors (Lipinski definition) is 6. The van der Waals surface area contributed by atoms with Gasteiger partial charge in [0.15, 0.2) is 0 Å². The molecule has 174 valence electrons. The Hall–Kier alpha value is -3.44. The number of aromatic nitrogens is 1. The highest BCUT2D eigenvalue weighted by atomic mass is 16.4. The third kappa shape index (κ3) is 7.06. The lowest BCUT2D eigenvalue weighted by molar-refractivity contribution is -0.143. The van der Waals surface area contributed by atoms with Gasteiger partial charge in [-0.05, 0) is 37.4 Å². The first-order chi connectivity index (χ1) is 15.2. The molecule has 0 aliphatic heterocycles. The molecule has 0 fully saturated rings. The number of amides is 2. The summed E-state index contributed by atoms with van der Waals surface area (Å²) >= 11 is 0. The van der Waals surface area contributed by atoms with Gasteiger partial charge in [0.25, 0.3) is 0 Å². The number of carboxylic acid groups (broad SMARTS) is 2. The van der Waals surface area contributed by atoms with Gasteiger partial charge in [-0.25, -0.2) is 4.79 Å². The number of aromatic amines is 1. The largest absolute Gasteiger partial charge is 0.481 e. The molecular weight excluding hydrogens is 418 g/mol. The van der Waals surface area contributed by atoms with E-state index in [1.807, 2.05) is 24.3 Å². The highest BCUT2D eigenvalue weighted by Crippen LogP contribution is 2.19. The summed E-state index contributed by atoms with van der Waals surface area (Å²) in [5, 5.41) is 24.1. The lowest BCUT2D eigenvalue weighted by atomic mass is 10.0. The summed E-state index contributed by atoms with van der Waals surface area (Å²) in [7, 11) is 0. The van der Waals surface area contributed by atoms with Crippen LogP contribution in [-0.2, 0) is 25.6 Å². The van der Waals surface area contributed by atoms with Gasteiger partial charge < -0.3 is 37.3 Å². The van der Waals surface area contributed by atoms with Crippen molar-refractivity contribution in [1.82, 2.24) is 15.6 Å². The number of H-pyrrole nitrogens is 1. The molecule has 11 nitrogen and oxygen atoms in total. The molecular formula is C21H29N5O6. The highest BCUT2D eigenvalue weighted by Gasteiger charge is 2.29. The summed E-state index contributed by atoms with van der Waals surface area (Å²) in [5.41, 5.74) is 12.6.